The second-order valence-electron chi connectivity index (χ2n) is 4.41. The second kappa shape index (κ2) is 6.26. The Morgan fingerprint density at radius 3 is 2.80 bits per heavy atom. The molecule has 0 saturated carbocycles. The van der Waals surface area contributed by atoms with Gasteiger partial charge in [-0.2, -0.15) is 10.2 Å². The van der Waals surface area contributed by atoms with Crippen molar-refractivity contribution in [3.05, 3.63) is 32.8 Å². The van der Waals surface area contributed by atoms with Crippen LogP contribution in [0.1, 0.15) is 23.1 Å². The van der Waals surface area contributed by atoms with Gasteiger partial charge < -0.3 is 9.84 Å². The minimum Gasteiger partial charge on any atom is -0.383 e. The molecule has 0 bridgehead atoms. The number of aromatic nitrogens is 4. The highest BCUT2D eigenvalue weighted by atomic mass is 79.9. The molecule has 110 valence electrons. The maximum Gasteiger partial charge on any atom is 0.133 e. The highest BCUT2D eigenvalue weighted by Gasteiger charge is 2.26. The van der Waals surface area contributed by atoms with Gasteiger partial charge in [0.2, 0.25) is 0 Å². The monoisotopic (exact) mass is 362 g/mol. The number of halogens is 2. The van der Waals surface area contributed by atoms with Crippen LogP contribution in [0.5, 0.6) is 0 Å². The van der Waals surface area contributed by atoms with Gasteiger partial charge in [0, 0.05) is 19.7 Å². The molecule has 2 heterocycles. The summed E-state index contributed by atoms with van der Waals surface area (Å²) in [6.07, 6.45) is 0.748. The van der Waals surface area contributed by atoms with E-state index in [1.807, 2.05) is 6.92 Å². The minimum absolute atomic E-state index is 0.418. The molecule has 2 aromatic rings. The number of aliphatic hydroxyl groups excluding tert-OH is 1. The van der Waals surface area contributed by atoms with Gasteiger partial charge in [-0.25, -0.2) is 0 Å². The van der Waals surface area contributed by atoms with Crippen LogP contribution >= 0.6 is 27.5 Å². The third kappa shape index (κ3) is 2.76. The van der Waals surface area contributed by atoms with E-state index in [4.69, 9.17) is 16.3 Å². The van der Waals surface area contributed by atoms with Crippen molar-refractivity contribution in [3.63, 3.8) is 0 Å². The van der Waals surface area contributed by atoms with Crippen molar-refractivity contribution in [2.45, 2.75) is 19.6 Å². The molecule has 0 aliphatic rings. The average molecular weight is 364 g/mol. The minimum atomic E-state index is -0.898. The van der Waals surface area contributed by atoms with Crippen molar-refractivity contribution in [3.8, 4) is 0 Å². The van der Waals surface area contributed by atoms with E-state index in [1.54, 1.807) is 29.7 Å². The van der Waals surface area contributed by atoms with Crippen LogP contribution in [0.25, 0.3) is 0 Å². The van der Waals surface area contributed by atoms with Crippen LogP contribution in [0.3, 0.4) is 0 Å². The summed E-state index contributed by atoms with van der Waals surface area (Å²) in [6.45, 7) is 2.87. The predicted molar refractivity (Wildman–Crippen MR) is 78.8 cm³/mol. The van der Waals surface area contributed by atoms with Gasteiger partial charge in [0.25, 0.3) is 0 Å². The van der Waals surface area contributed by atoms with Gasteiger partial charge in [-0.15, -0.1) is 0 Å². The Bertz CT molecular complexity index is 611. The lowest BCUT2D eigenvalue weighted by Gasteiger charge is -2.14. The van der Waals surface area contributed by atoms with Crippen LogP contribution in [0.4, 0.5) is 0 Å². The molecule has 20 heavy (non-hydrogen) atoms. The summed E-state index contributed by atoms with van der Waals surface area (Å²) in [5.74, 6) is 0. The second-order valence-corrected chi connectivity index (χ2v) is 5.62. The molecular formula is C12H16BrClN4O2. The number of rotatable bonds is 5. The fraction of sp³-hybridized carbons (Fsp3) is 0.500. The van der Waals surface area contributed by atoms with Crippen molar-refractivity contribution in [2.24, 2.45) is 7.05 Å². The van der Waals surface area contributed by atoms with E-state index in [-0.39, 0.29) is 0 Å². The van der Waals surface area contributed by atoms with E-state index in [1.165, 1.54) is 0 Å². The largest absolute Gasteiger partial charge is 0.383 e. The van der Waals surface area contributed by atoms with Gasteiger partial charge in [0.1, 0.15) is 11.3 Å². The van der Waals surface area contributed by atoms with Gasteiger partial charge >= 0.3 is 0 Å². The highest BCUT2D eigenvalue weighted by molar-refractivity contribution is 9.10. The van der Waals surface area contributed by atoms with E-state index < -0.39 is 6.10 Å². The lowest BCUT2D eigenvalue weighted by atomic mass is 10.1. The van der Waals surface area contributed by atoms with Crippen molar-refractivity contribution in [1.82, 2.24) is 19.6 Å². The van der Waals surface area contributed by atoms with Crippen molar-refractivity contribution >= 4 is 27.5 Å². The third-order valence-corrected chi connectivity index (χ3v) is 4.13. The fourth-order valence-corrected chi connectivity index (χ4v) is 2.88. The van der Waals surface area contributed by atoms with E-state index in [0.717, 1.165) is 4.47 Å². The maximum absolute atomic E-state index is 10.6. The predicted octanol–water partition coefficient (Wildman–Crippen LogP) is 2.07. The first kappa shape index (κ1) is 15.5. The molecule has 0 saturated heterocycles. The molecule has 0 amide bonds. The molecule has 0 fully saturated rings. The maximum atomic E-state index is 10.6. The van der Waals surface area contributed by atoms with E-state index in [2.05, 4.69) is 26.1 Å². The van der Waals surface area contributed by atoms with Crippen LogP contribution in [0.2, 0.25) is 5.15 Å². The van der Waals surface area contributed by atoms with Gasteiger partial charge in [-0.1, -0.05) is 11.6 Å². The van der Waals surface area contributed by atoms with Gasteiger partial charge in [-0.05, 0) is 22.9 Å². The fourth-order valence-electron chi connectivity index (χ4n) is 2.09. The van der Waals surface area contributed by atoms with Crippen molar-refractivity contribution in [1.29, 1.82) is 0 Å². The number of aliphatic hydroxyl groups is 1. The molecule has 0 aliphatic carbocycles. The van der Waals surface area contributed by atoms with Crippen LogP contribution < -0.4 is 0 Å². The Kier molecular flexibility index (Phi) is 4.85. The number of nitrogens with zero attached hydrogens (tertiary/aromatic N) is 4. The van der Waals surface area contributed by atoms with Crippen LogP contribution in [0.15, 0.2) is 10.7 Å². The summed E-state index contributed by atoms with van der Waals surface area (Å²) in [7, 11) is 3.36. The standard InChI is InChI=1S/C12H16BrClN4O2/c1-7-9(12(14)17(2)16-7)11(19)10-8(13)6-15-18(10)4-5-20-3/h6,11,19H,4-5H2,1-3H3. The molecule has 0 aliphatic heterocycles. The van der Waals surface area contributed by atoms with Crippen molar-refractivity contribution in [2.75, 3.05) is 13.7 Å². The zero-order valence-corrected chi connectivity index (χ0v) is 13.8. The van der Waals surface area contributed by atoms with Crippen LogP contribution in [-0.4, -0.2) is 38.4 Å². The smallest absolute Gasteiger partial charge is 0.133 e. The molecule has 6 nitrogen and oxygen atoms in total. The lowest BCUT2D eigenvalue weighted by molar-refractivity contribution is 0.171. The quantitative estimate of drug-likeness (QED) is 0.883. The number of methoxy groups -OCH3 is 1. The molecular weight excluding hydrogens is 348 g/mol. The summed E-state index contributed by atoms with van der Waals surface area (Å²) in [5, 5.41) is 19.5. The van der Waals surface area contributed by atoms with E-state index in [0.29, 0.717) is 35.3 Å². The SMILES string of the molecule is COCCn1ncc(Br)c1C(O)c1c(C)nn(C)c1Cl. The van der Waals surface area contributed by atoms with Gasteiger partial charge in [0.15, 0.2) is 0 Å². The molecule has 2 aromatic heterocycles. The first-order valence-corrected chi connectivity index (χ1v) is 7.21. The lowest BCUT2D eigenvalue weighted by Crippen LogP contribution is -2.14. The van der Waals surface area contributed by atoms with Crippen LogP contribution in [-0.2, 0) is 18.3 Å². The Morgan fingerprint density at radius 1 is 1.55 bits per heavy atom. The van der Waals surface area contributed by atoms with E-state index >= 15 is 0 Å². The Hall–Kier alpha value is -0.890. The molecule has 1 atom stereocenters. The van der Waals surface area contributed by atoms with Crippen LogP contribution in [0, 0.1) is 6.92 Å². The molecule has 0 aromatic carbocycles. The molecule has 1 unspecified atom stereocenters. The average Bonchev–Trinajstić information content (AvgIpc) is 2.88. The number of hydrogen-bond acceptors (Lipinski definition) is 4. The zero-order valence-electron chi connectivity index (χ0n) is 11.5. The van der Waals surface area contributed by atoms with E-state index in [9.17, 15) is 5.11 Å². The third-order valence-electron chi connectivity index (χ3n) is 3.07. The summed E-state index contributed by atoms with van der Waals surface area (Å²) in [4.78, 5) is 0. The molecule has 1 N–H and O–H groups in total. The highest BCUT2D eigenvalue weighted by Crippen LogP contribution is 2.34. The van der Waals surface area contributed by atoms with Crippen molar-refractivity contribution < 1.29 is 9.84 Å². The normalized spacial score (nSPS) is 12.9. The summed E-state index contributed by atoms with van der Waals surface area (Å²) in [6, 6.07) is 0. The van der Waals surface area contributed by atoms with Gasteiger partial charge in [0.05, 0.1) is 35.2 Å². The molecule has 8 heteroatoms. The Balaban J connectivity index is 2.42. The zero-order chi connectivity index (χ0) is 14.9. The Labute approximate surface area is 130 Å². The molecule has 2 rings (SSSR count). The molecule has 0 radical (unpaired) electrons. The number of ether oxygens (including phenoxy) is 1. The number of aryl methyl sites for hydroxylation is 2. The number of hydrogen-bond donors (Lipinski definition) is 1. The first-order chi connectivity index (χ1) is 9.47. The Morgan fingerprint density at radius 2 is 2.25 bits per heavy atom. The summed E-state index contributed by atoms with van der Waals surface area (Å²) in [5.41, 5.74) is 1.92. The molecule has 0 spiro atoms. The summed E-state index contributed by atoms with van der Waals surface area (Å²) >= 11 is 9.61. The first-order valence-electron chi connectivity index (χ1n) is 6.04. The summed E-state index contributed by atoms with van der Waals surface area (Å²) < 4.78 is 9.01. The van der Waals surface area contributed by atoms with Gasteiger partial charge in [-0.3, -0.25) is 9.36 Å². The topological polar surface area (TPSA) is 65.1 Å².